The van der Waals surface area contributed by atoms with E-state index in [1.54, 1.807) is 31.2 Å². The van der Waals surface area contributed by atoms with Crippen molar-refractivity contribution < 1.29 is 8.78 Å². The lowest BCUT2D eigenvalue weighted by Crippen LogP contribution is -1.99. The minimum atomic E-state index is -0.713. The topological polar surface area (TPSA) is 25.8 Å². The van der Waals surface area contributed by atoms with Crippen molar-refractivity contribution in [2.24, 2.45) is 0 Å². The minimum Gasteiger partial charge on any atom is -0.207 e. The van der Waals surface area contributed by atoms with Crippen molar-refractivity contribution in [2.45, 2.75) is 6.92 Å². The molecule has 23 heavy (non-hydrogen) atoms. The Balaban J connectivity index is 2.32. The number of nitrogens with zero attached hydrogens (tertiary/aromatic N) is 2. The first-order valence-corrected chi connectivity index (χ1v) is 7.47. The first-order chi connectivity index (χ1) is 11.0. The van der Waals surface area contributed by atoms with Gasteiger partial charge in [-0.3, -0.25) is 0 Å². The summed E-state index contributed by atoms with van der Waals surface area (Å²) in [6.45, 7) is 1.75. The normalized spacial score (nSPS) is 10.8. The van der Waals surface area contributed by atoms with E-state index in [2.05, 4.69) is 10.2 Å². The van der Waals surface area contributed by atoms with Crippen molar-refractivity contribution >= 4 is 23.2 Å². The van der Waals surface area contributed by atoms with Crippen LogP contribution in [-0.2, 0) is 0 Å². The third-order valence-electron chi connectivity index (χ3n) is 3.44. The van der Waals surface area contributed by atoms with Crippen molar-refractivity contribution in [3.8, 4) is 22.3 Å². The maximum absolute atomic E-state index is 14.2. The predicted molar refractivity (Wildman–Crippen MR) is 87.6 cm³/mol. The number of halogens is 4. The van der Waals surface area contributed by atoms with Gasteiger partial charge in [-0.25, -0.2) is 8.78 Å². The standard InChI is InChI=1S/C17H10Cl2F2N2/c1-9-15(10-2-4-11(18)5-3-10)16(17(19)23-22-9)13-7-6-12(20)8-14(13)21/h2-8H,1H3. The highest BCUT2D eigenvalue weighted by Gasteiger charge is 2.19. The van der Waals surface area contributed by atoms with E-state index in [-0.39, 0.29) is 10.7 Å². The van der Waals surface area contributed by atoms with Crippen LogP contribution < -0.4 is 0 Å². The average Bonchev–Trinajstić information content (AvgIpc) is 2.51. The van der Waals surface area contributed by atoms with Gasteiger partial charge < -0.3 is 0 Å². The first kappa shape index (κ1) is 15.8. The van der Waals surface area contributed by atoms with Crippen LogP contribution in [0.5, 0.6) is 0 Å². The van der Waals surface area contributed by atoms with Crippen molar-refractivity contribution in [3.63, 3.8) is 0 Å². The summed E-state index contributed by atoms with van der Waals surface area (Å²) in [4.78, 5) is 0. The molecule has 0 bridgehead atoms. The number of aryl methyl sites for hydroxylation is 1. The largest absolute Gasteiger partial charge is 0.207 e. The van der Waals surface area contributed by atoms with Gasteiger partial charge in [-0.05, 0) is 36.8 Å². The summed E-state index contributed by atoms with van der Waals surface area (Å²) in [5.74, 6) is -1.37. The second-order valence-corrected chi connectivity index (χ2v) is 5.75. The zero-order chi connectivity index (χ0) is 16.6. The van der Waals surface area contributed by atoms with E-state index in [1.165, 1.54) is 12.1 Å². The van der Waals surface area contributed by atoms with Gasteiger partial charge in [0.2, 0.25) is 0 Å². The van der Waals surface area contributed by atoms with Crippen molar-refractivity contribution in [1.82, 2.24) is 10.2 Å². The molecule has 0 unspecified atom stereocenters. The number of hydrogen-bond acceptors (Lipinski definition) is 2. The molecular formula is C17H10Cl2F2N2. The van der Waals surface area contributed by atoms with E-state index in [4.69, 9.17) is 23.2 Å². The minimum absolute atomic E-state index is 0.0473. The van der Waals surface area contributed by atoms with Crippen LogP contribution in [0.15, 0.2) is 42.5 Å². The van der Waals surface area contributed by atoms with E-state index < -0.39 is 11.6 Å². The molecule has 0 fully saturated rings. The number of hydrogen-bond donors (Lipinski definition) is 0. The van der Waals surface area contributed by atoms with E-state index >= 15 is 0 Å². The van der Waals surface area contributed by atoms with Gasteiger partial charge in [0.05, 0.1) is 5.69 Å². The molecule has 0 N–H and O–H groups in total. The van der Waals surface area contributed by atoms with Crippen molar-refractivity contribution in [3.05, 3.63) is 70.0 Å². The highest BCUT2D eigenvalue weighted by Crippen LogP contribution is 2.39. The molecule has 1 heterocycles. The van der Waals surface area contributed by atoms with Crippen molar-refractivity contribution in [2.75, 3.05) is 0 Å². The third-order valence-corrected chi connectivity index (χ3v) is 3.96. The molecule has 0 amide bonds. The van der Waals surface area contributed by atoms with Crippen LogP contribution >= 0.6 is 23.2 Å². The zero-order valence-electron chi connectivity index (χ0n) is 11.9. The monoisotopic (exact) mass is 350 g/mol. The molecule has 3 rings (SSSR count). The van der Waals surface area contributed by atoms with Crippen LogP contribution in [0.3, 0.4) is 0 Å². The van der Waals surface area contributed by atoms with Gasteiger partial charge in [0, 0.05) is 27.8 Å². The molecule has 0 aliphatic rings. The summed E-state index contributed by atoms with van der Waals surface area (Å²) in [5.41, 5.74) is 2.52. The van der Waals surface area contributed by atoms with Crippen LogP contribution in [0.25, 0.3) is 22.3 Å². The molecule has 0 aliphatic carbocycles. The van der Waals surface area contributed by atoms with Gasteiger partial charge >= 0.3 is 0 Å². The number of rotatable bonds is 2. The summed E-state index contributed by atoms with van der Waals surface area (Å²) in [6, 6.07) is 10.3. The number of aromatic nitrogens is 2. The van der Waals surface area contributed by atoms with Crippen LogP contribution in [0.2, 0.25) is 10.2 Å². The summed E-state index contributed by atoms with van der Waals surface area (Å²) in [7, 11) is 0. The Morgan fingerprint density at radius 3 is 2.22 bits per heavy atom. The molecular weight excluding hydrogens is 341 g/mol. The Labute approximate surface area is 141 Å². The Hall–Kier alpha value is -2.04. The molecule has 0 saturated carbocycles. The Kier molecular flexibility index (Phi) is 4.28. The fourth-order valence-corrected chi connectivity index (χ4v) is 2.77. The molecule has 3 aromatic rings. The smallest absolute Gasteiger partial charge is 0.160 e. The lowest BCUT2D eigenvalue weighted by molar-refractivity contribution is 0.585. The van der Waals surface area contributed by atoms with E-state index in [9.17, 15) is 8.78 Å². The molecule has 0 aliphatic heterocycles. The fourth-order valence-electron chi connectivity index (χ4n) is 2.41. The number of benzene rings is 2. The predicted octanol–water partition coefficient (Wildman–Crippen LogP) is 5.70. The molecule has 0 radical (unpaired) electrons. The SMILES string of the molecule is Cc1nnc(Cl)c(-c2ccc(F)cc2F)c1-c1ccc(Cl)cc1. The lowest BCUT2D eigenvalue weighted by Gasteiger charge is -2.14. The van der Waals surface area contributed by atoms with E-state index in [0.717, 1.165) is 11.6 Å². The van der Waals surface area contributed by atoms with Gasteiger partial charge in [-0.15, -0.1) is 5.10 Å². The van der Waals surface area contributed by atoms with Crippen LogP contribution in [0, 0.1) is 18.6 Å². The highest BCUT2D eigenvalue weighted by atomic mass is 35.5. The summed E-state index contributed by atoms with van der Waals surface area (Å²) >= 11 is 12.1. The van der Waals surface area contributed by atoms with Gasteiger partial charge in [0.1, 0.15) is 11.6 Å². The molecule has 116 valence electrons. The van der Waals surface area contributed by atoms with E-state index in [0.29, 0.717) is 21.8 Å². The Morgan fingerprint density at radius 2 is 1.57 bits per heavy atom. The second-order valence-electron chi connectivity index (χ2n) is 4.96. The second kappa shape index (κ2) is 6.22. The maximum Gasteiger partial charge on any atom is 0.160 e. The quantitative estimate of drug-likeness (QED) is 0.592. The Morgan fingerprint density at radius 1 is 0.870 bits per heavy atom. The molecule has 2 nitrogen and oxygen atoms in total. The summed E-state index contributed by atoms with van der Waals surface area (Å²) < 4.78 is 27.4. The van der Waals surface area contributed by atoms with Crippen LogP contribution in [0.4, 0.5) is 8.78 Å². The molecule has 0 spiro atoms. The maximum atomic E-state index is 14.2. The van der Waals surface area contributed by atoms with Gasteiger partial charge in [-0.1, -0.05) is 35.3 Å². The molecule has 6 heteroatoms. The van der Waals surface area contributed by atoms with Gasteiger partial charge in [-0.2, -0.15) is 5.10 Å². The molecule has 2 aromatic carbocycles. The van der Waals surface area contributed by atoms with Crippen molar-refractivity contribution in [1.29, 1.82) is 0 Å². The van der Waals surface area contributed by atoms with Crippen LogP contribution in [-0.4, -0.2) is 10.2 Å². The Bertz CT molecular complexity index is 881. The zero-order valence-corrected chi connectivity index (χ0v) is 13.5. The molecule has 0 saturated heterocycles. The highest BCUT2D eigenvalue weighted by molar-refractivity contribution is 6.33. The van der Waals surface area contributed by atoms with Gasteiger partial charge in [0.25, 0.3) is 0 Å². The first-order valence-electron chi connectivity index (χ1n) is 6.71. The summed E-state index contributed by atoms with van der Waals surface area (Å²) in [5, 5.41) is 8.48. The fraction of sp³-hybridized carbons (Fsp3) is 0.0588. The molecule has 1 aromatic heterocycles. The van der Waals surface area contributed by atoms with Crippen LogP contribution in [0.1, 0.15) is 5.69 Å². The molecule has 0 atom stereocenters. The average molecular weight is 351 g/mol. The third kappa shape index (κ3) is 3.05. The summed E-state index contributed by atoms with van der Waals surface area (Å²) in [6.07, 6.45) is 0. The van der Waals surface area contributed by atoms with E-state index in [1.807, 2.05) is 0 Å². The lowest BCUT2D eigenvalue weighted by atomic mass is 9.95. The van der Waals surface area contributed by atoms with Gasteiger partial charge in [0.15, 0.2) is 5.15 Å².